The molecule has 90 valence electrons. The third-order valence-corrected chi connectivity index (χ3v) is 4.65. The summed E-state index contributed by atoms with van der Waals surface area (Å²) in [6.07, 6.45) is 2.88. The van der Waals surface area contributed by atoms with Crippen LogP contribution in [0.4, 0.5) is 0 Å². The van der Waals surface area contributed by atoms with Gasteiger partial charge in [0.15, 0.2) is 0 Å². The third-order valence-electron chi connectivity index (χ3n) is 2.47. The summed E-state index contributed by atoms with van der Waals surface area (Å²) in [7, 11) is -3.57. The highest BCUT2D eigenvalue weighted by atomic mass is 35.5. The van der Waals surface area contributed by atoms with E-state index in [-0.39, 0.29) is 4.90 Å². The zero-order chi connectivity index (χ0) is 12.6. The van der Waals surface area contributed by atoms with Crippen LogP contribution in [0.25, 0.3) is 0 Å². The molecule has 0 saturated heterocycles. The van der Waals surface area contributed by atoms with E-state index in [1.54, 1.807) is 26.0 Å². The van der Waals surface area contributed by atoms with Gasteiger partial charge in [-0.15, -0.1) is 0 Å². The molecular formula is C11H11ClN2O2S. The number of aryl methyl sites for hydroxylation is 2. The number of halogens is 1. The van der Waals surface area contributed by atoms with E-state index in [9.17, 15) is 8.42 Å². The Hall–Kier alpha value is -1.33. The number of imidazole rings is 1. The first kappa shape index (κ1) is 12.1. The first-order valence-corrected chi connectivity index (χ1v) is 6.76. The van der Waals surface area contributed by atoms with E-state index in [2.05, 4.69) is 4.98 Å². The lowest BCUT2D eigenvalue weighted by Gasteiger charge is -2.08. The van der Waals surface area contributed by atoms with Crippen molar-refractivity contribution < 1.29 is 8.42 Å². The van der Waals surface area contributed by atoms with E-state index in [0.717, 1.165) is 9.54 Å². The number of hydrogen-bond donors (Lipinski definition) is 0. The zero-order valence-corrected chi connectivity index (χ0v) is 11.0. The van der Waals surface area contributed by atoms with Crippen molar-refractivity contribution in [2.75, 3.05) is 0 Å². The molecule has 1 aromatic carbocycles. The molecule has 0 aliphatic rings. The normalized spacial score (nSPS) is 11.7. The topological polar surface area (TPSA) is 52.0 Å². The monoisotopic (exact) mass is 270 g/mol. The Balaban J connectivity index is 2.60. The summed E-state index contributed by atoms with van der Waals surface area (Å²) < 4.78 is 25.7. The van der Waals surface area contributed by atoms with Crippen molar-refractivity contribution in [2.45, 2.75) is 18.7 Å². The molecule has 0 aliphatic carbocycles. The molecule has 0 N–H and O–H groups in total. The molecule has 1 heterocycles. The van der Waals surface area contributed by atoms with Gasteiger partial charge < -0.3 is 0 Å². The van der Waals surface area contributed by atoms with Gasteiger partial charge in [0, 0.05) is 17.4 Å². The molecule has 0 saturated carbocycles. The van der Waals surface area contributed by atoms with E-state index in [4.69, 9.17) is 11.6 Å². The summed E-state index contributed by atoms with van der Waals surface area (Å²) in [5.74, 6) is 0.428. The lowest BCUT2D eigenvalue weighted by Crippen LogP contribution is -2.13. The van der Waals surface area contributed by atoms with Crippen LogP contribution in [0.2, 0.25) is 5.02 Å². The summed E-state index contributed by atoms with van der Waals surface area (Å²) in [5, 5.41) is 0.548. The van der Waals surface area contributed by atoms with Gasteiger partial charge in [0.2, 0.25) is 0 Å². The molecule has 0 fully saturated rings. The lowest BCUT2D eigenvalue weighted by atomic mass is 10.2. The molecule has 0 aliphatic heterocycles. The predicted octanol–water partition coefficient (Wildman–Crippen LogP) is 2.39. The lowest BCUT2D eigenvalue weighted by molar-refractivity contribution is 0.585. The van der Waals surface area contributed by atoms with Crippen molar-refractivity contribution in [2.24, 2.45) is 0 Å². The average Bonchev–Trinajstić information content (AvgIpc) is 2.69. The Bertz CT molecular complexity index is 662. The van der Waals surface area contributed by atoms with E-state index >= 15 is 0 Å². The van der Waals surface area contributed by atoms with Gasteiger partial charge in [-0.1, -0.05) is 11.6 Å². The molecule has 2 aromatic rings. The molecule has 0 atom stereocenters. The van der Waals surface area contributed by atoms with Gasteiger partial charge in [-0.3, -0.25) is 0 Å². The molecule has 0 unspecified atom stereocenters. The van der Waals surface area contributed by atoms with E-state index in [1.807, 2.05) is 0 Å². The van der Waals surface area contributed by atoms with E-state index in [1.165, 1.54) is 18.5 Å². The Labute approximate surface area is 105 Å². The second-order valence-corrected chi connectivity index (χ2v) is 5.91. The molecule has 0 radical (unpaired) electrons. The highest BCUT2D eigenvalue weighted by molar-refractivity contribution is 7.90. The number of hydrogen-bond acceptors (Lipinski definition) is 3. The molecular weight excluding hydrogens is 260 g/mol. The van der Waals surface area contributed by atoms with Gasteiger partial charge in [0.05, 0.1) is 4.90 Å². The fourth-order valence-corrected chi connectivity index (χ4v) is 3.03. The molecule has 2 rings (SSSR count). The van der Waals surface area contributed by atoms with Crippen molar-refractivity contribution >= 4 is 21.6 Å². The minimum Gasteiger partial charge on any atom is -0.241 e. The standard InChI is InChI=1S/C11H11ClN2O2S/c1-8-7-10(3-4-11(8)12)17(15,16)14-6-5-13-9(14)2/h3-7H,1-2H3. The third kappa shape index (κ3) is 2.08. The molecule has 4 nitrogen and oxygen atoms in total. The smallest absolute Gasteiger partial charge is 0.241 e. The maximum atomic E-state index is 12.3. The molecule has 0 amide bonds. The number of benzene rings is 1. The molecule has 17 heavy (non-hydrogen) atoms. The van der Waals surface area contributed by atoms with Crippen LogP contribution in [0.5, 0.6) is 0 Å². The van der Waals surface area contributed by atoms with Crippen LogP contribution in [-0.4, -0.2) is 17.4 Å². The fraction of sp³-hybridized carbons (Fsp3) is 0.182. The number of nitrogens with zero attached hydrogens (tertiary/aromatic N) is 2. The van der Waals surface area contributed by atoms with E-state index in [0.29, 0.717) is 10.8 Å². The Morgan fingerprint density at radius 2 is 2.00 bits per heavy atom. The van der Waals surface area contributed by atoms with Crippen molar-refractivity contribution in [3.63, 3.8) is 0 Å². The highest BCUT2D eigenvalue weighted by Crippen LogP contribution is 2.21. The predicted molar refractivity (Wildman–Crippen MR) is 65.7 cm³/mol. The quantitative estimate of drug-likeness (QED) is 0.842. The van der Waals surface area contributed by atoms with Crippen LogP contribution in [0.3, 0.4) is 0 Å². The summed E-state index contributed by atoms with van der Waals surface area (Å²) in [6, 6.07) is 4.62. The van der Waals surface area contributed by atoms with Gasteiger partial charge >= 0.3 is 0 Å². The average molecular weight is 271 g/mol. The second-order valence-electron chi connectivity index (χ2n) is 3.69. The van der Waals surface area contributed by atoms with Crippen LogP contribution >= 0.6 is 11.6 Å². The van der Waals surface area contributed by atoms with Crippen LogP contribution in [0.15, 0.2) is 35.5 Å². The van der Waals surface area contributed by atoms with Gasteiger partial charge in [0.25, 0.3) is 10.0 Å². The van der Waals surface area contributed by atoms with Crippen LogP contribution in [0, 0.1) is 13.8 Å². The summed E-state index contributed by atoms with van der Waals surface area (Å²) in [6.45, 7) is 3.41. The summed E-state index contributed by atoms with van der Waals surface area (Å²) >= 11 is 5.87. The van der Waals surface area contributed by atoms with Gasteiger partial charge in [-0.25, -0.2) is 17.4 Å². The summed E-state index contributed by atoms with van der Waals surface area (Å²) in [5.41, 5.74) is 0.727. The Morgan fingerprint density at radius 3 is 2.53 bits per heavy atom. The zero-order valence-electron chi connectivity index (χ0n) is 9.38. The molecule has 0 bridgehead atoms. The Kier molecular flexibility index (Phi) is 2.97. The van der Waals surface area contributed by atoms with Crippen LogP contribution in [0.1, 0.15) is 11.4 Å². The number of rotatable bonds is 2. The molecule has 6 heteroatoms. The molecule has 1 aromatic heterocycles. The first-order chi connectivity index (χ1) is 7.93. The minimum atomic E-state index is -3.57. The van der Waals surface area contributed by atoms with Gasteiger partial charge in [0.1, 0.15) is 5.82 Å². The Morgan fingerprint density at radius 1 is 1.29 bits per heavy atom. The highest BCUT2D eigenvalue weighted by Gasteiger charge is 2.18. The second kappa shape index (κ2) is 4.16. The first-order valence-electron chi connectivity index (χ1n) is 4.94. The van der Waals surface area contributed by atoms with E-state index < -0.39 is 10.0 Å². The van der Waals surface area contributed by atoms with Crippen molar-refractivity contribution in [3.05, 3.63) is 47.0 Å². The van der Waals surface area contributed by atoms with Gasteiger partial charge in [-0.05, 0) is 37.6 Å². The van der Waals surface area contributed by atoms with Crippen LogP contribution < -0.4 is 0 Å². The minimum absolute atomic E-state index is 0.209. The maximum Gasteiger partial charge on any atom is 0.269 e. The SMILES string of the molecule is Cc1cc(S(=O)(=O)n2ccnc2C)ccc1Cl. The maximum absolute atomic E-state index is 12.3. The van der Waals surface area contributed by atoms with Crippen molar-refractivity contribution in [1.29, 1.82) is 0 Å². The number of aromatic nitrogens is 2. The van der Waals surface area contributed by atoms with Crippen molar-refractivity contribution in [1.82, 2.24) is 8.96 Å². The van der Waals surface area contributed by atoms with Crippen molar-refractivity contribution in [3.8, 4) is 0 Å². The van der Waals surface area contributed by atoms with Crippen LogP contribution in [-0.2, 0) is 10.0 Å². The largest absolute Gasteiger partial charge is 0.269 e. The summed E-state index contributed by atoms with van der Waals surface area (Å²) in [4.78, 5) is 4.11. The van der Waals surface area contributed by atoms with Gasteiger partial charge in [-0.2, -0.15) is 0 Å². The fourth-order valence-electron chi connectivity index (χ4n) is 1.51. The molecule has 0 spiro atoms.